The number of nitrogens with zero attached hydrogens (tertiary/aromatic N) is 1. The molecular formula is C15H16Br2N2O. The highest BCUT2D eigenvalue weighted by Gasteiger charge is 2.11. The molecule has 1 aromatic heterocycles. The molecular weight excluding hydrogens is 384 g/mol. The van der Waals surface area contributed by atoms with Crippen molar-refractivity contribution in [3.05, 3.63) is 45.2 Å². The molecule has 0 unspecified atom stereocenters. The first-order chi connectivity index (χ1) is 9.72. The van der Waals surface area contributed by atoms with Crippen LogP contribution in [0.3, 0.4) is 0 Å². The Bertz CT molecular complexity index is 555. The second kappa shape index (κ2) is 6.22. The lowest BCUT2D eigenvalue weighted by Crippen LogP contribution is -2.17. The first-order valence-electron chi connectivity index (χ1n) is 6.75. The van der Waals surface area contributed by atoms with E-state index in [-0.39, 0.29) is 0 Å². The molecule has 0 aliphatic carbocycles. The highest BCUT2D eigenvalue weighted by atomic mass is 79.9. The van der Waals surface area contributed by atoms with E-state index >= 15 is 0 Å². The van der Waals surface area contributed by atoms with Crippen LogP contribution in [-0.4, -0.2) is 13.1 Å². The summed E-state index contributed by atoms with van der Waals surface area (Å²) < 4.78 is 7.22. The van der Waals surface area contributed by atoms with Gasteiger partial charge in [-0.25, -0.2) is 0 Å². The van der Waals surface area contributed by atoms with Crippen LogP contribution in [0, 0.1) is 0 Å². The summed E-state index contributed by atoms with van der Waals surface area (Å²) in [4.78, 5) is 2.44. The second-order valence-corrected chi connectivity index (χ2v) is 6.50. The minimum atomic E-state index is 0.674. The summed E-state index contributed by atoms with van der Waals surface area (Å²) in [5, 5.41) is 3.37. The maximum Gasteiger partial charge on any atom is 0.183 e. The number of hydrogen-bond acceptors (Lipinski definition) is 3. The molecule has 1 N–H and O–H groups in total. The minimum Gasteiger partial charge on any atom is -0.451 e. The van der Waals surface area contributed by atoms with E-state index in [9.17, 15) is 0 Å². The normalized spacial score (nSPS) is 14.8. The van der Waals surface area contributed by atoms with Crippen LogP contribution in [-0.2, 0) is 6.54 Å². The van der Waals surface area contributed by atoms with Gasteiger partial charge in [0.05, 0.1) is 11.0 Å². The zero-order chi connectivity index (χ0) is 13.9. The molecule has 3 rings (SSSR count). The van der Waals surface area contributed by atoms with Gasteiger partial charge in [-0.1, -0.05) is 0 Å². The lowest BCUT2D eigenvalue weighted by molar-refractivity contribution is 0.494. The van der Waals surface area contributed by atoms with E-state index in [1.54, 1.807) is 0 Å². The van der Waals surface area contributed by atoms with Gasteiger partial charge in [0.15, 0.2) is 4.67 Å². The van der Waals surface area contributed by atoms with E-state index < -0.39 is 0 Å². The highest BCUT2D eigenvalue weighted by Crippen LogP contribution is 2.27. The quantitative estimate of drug-likeness (QED) is 0.782. The van der Waals surface area contributed by atoms with Gasteiger partial charge < -0.3 is 14.6 Å². The Morgan fingerprint density at radius 1 is 1.10 bits per heavy atom. The van der Waals surface area contributed by atoms with Gasteiger partial charge in [0, 0.05) is 24.5 Å². The molecule has 0 saturated carbocycles. The SMILES string of the molecule is Brc1cc(CNc2ccc(N3CCCC3)cc2)oc1Br. The van der Waals surface area contributed by atoms with Gasteiger partial charge in [0.1, 0.15) is 5.76 Å². The number of rotatable bonds is 4. The summed E-state index contributed by atoms with van der Waals surface area (Å²) in [6, 6.07) is 10.6. The molecule has 0 spiro atoms. The molecule has 1 aliphatic rings. The van der Waals surface area contributed by atoms with Crippen molar-refractivity contribution in [1.29, 1.82) is 0 Å². The summed E-state index contributed by atoms with van der Waals surface area (Å²) in [6.07, 6.45) is 2.62. The Hall–Kier alpha value is -0.940. The minimum absolute atomic E-state index is 0.674. The van der Waals surface area contributed by atoms with E-state index in [0.29, 0.717) is 6.54 Å². The second-order valence-electron chi connectivity index (χ2n) is 4.93. The summed E-state index contributed by atoms with van der Waals surface area (Å²) in [6.45, 7) is 3.04. The molecule has 0 amide bonds. The van der Waals surface area contributed by atoms with Gasteiger partial charge in [-0.15, -0.1) is 0 Å². The summed E-state index contributed by atoms with van der Waals surface area (Å²) in [5.74, 6) is 0.896. The van der Waals surface area contributed by atoms with Gasteiger partial charge in [-0.05, 0) is 75.0 Å². The largest absolute Gasteiger partial charge is 0.451 e. The predicted molar refractivity (Wildman–Crippen MR) is 89.3 cm³/mol. The fourth-order valence-electron chi connectivity index (χ4n) is 2.43. The van der Waals surface area contributed by atoms with Crippen molar-refractivity contribution >= 4 is 43.2 Å². The molecule has 20 heavy (non-hydrogen) atoms. The van der Waals surface area contributed by atoms with Crippen LogP contribution in [0.5, 0.6) is 0 Å². The molecule has 1 aliphatic heterocycles. The van der Waals surface area contributed by atoms with Gasteiger partial charge in [-0.2, -0.15) is 0 Å². The van der Waals surface area contributed by atoms with Gasteiger partial charge in [0.25, 0.3) is 0 Å². The third-order valence-electron chi connectivity index (χ3n) is 3.50. The molecule has 106 valence electrons. The van der Waals surface area contributed by atoms with E-state index in [1.807, 2.05) is 6.07 Å². The maximum absolute atomic E-state index is 5.54. The number of hydrogen-bond donors (Lipinski definition) is 1. The molecule has 1 aromatic carbocycles. The number of anilines is 2. The fraction of sp³-hybridized carbons (Fsp3) is 0.333. The molecule has 2 aromatic rings. The van der Waals surface area contributed by atoms with E-state index in [4.69, 9.17) is 4.42 Å². The third-order valence-corrected chi connectivity index (χ3v) is 5.21. The lowest BCUT2D eigenvalue weighted by atomic mass is 10.2. The van der Waals surface area contributed by atoms with Crippen LogP contribution >= 0.6 is 31.9 Å². The van der Waals surface area contributed by atoms with Crippen molar-refractivity contribution in [2.75, 3.05) is 23.3 Å². The average molecular weight is 400 g/mol. The Kier molecular flexibility index (Phi) is 4.36. The molecule has 0 radical (unpaired) electrons. The Labute approximate surface area is 135 Å². The Morgan fingerprint density at radius 2 is 1.80 bits per heavy atom. The van der Waals surface area contributed by atoms with Crippen molar-refractivity contribution in [2.45, 2.75) is 19.4 Å². The molecule has 2 heterocycles. The van der Waals surface area contributed by atoms with E-state index in [1.165, 1.54) is 31.6 Å². The average Bonchev–Trinajstić information content (AvgIpc) is 3.08. The van der Waals surface area contributed by atoms with Crippen LogP contribution in [0.1, 0.15) is 18.6 Å². The molecule has 0 bridgehead atoms. The highest BCUT2D eigenvalue weighted by molar-refractivity contribution is 9.13. The van der Waals surface area contributed by atoms with Gasteiger partial charge >= 0.3 is 0 Å². The Balaban J connectivity index is 1.60. The fourth-order valence-corrected chi connectivity index (χ4v) is 3.09. The third kappa shape index (κ3) is 3.20. The monoisotopic (exact) mass is 398 g/mol. The van der Waals surface area contributed by atoms with Crippen molar-refractivity contribution < 1.29 is 4.42 Å². The van der Waals surface area contributed by atoms with Crippen molar-refractivity contribution in [1.82, 2.24) is 0 Å². The molecule has 1 fully saturated rings. The maximum atomic E-state index is 5.54. The standard InChI is InChI=1S/C15H16Br2N2O/c16-14-9-13(20-15(14)17)10-18-11-3-5-12(6-4-11)19-7-1-2-8-19/h3-6,9,18H,1-2,7-8,10H2. The zero-order valence-corrected chi connectivity index (χ0v) is 14.2. The molecule has 0 atom stereocenters. The summed E-state index contributed by atoms with van der Waals surface area (Å²) in [5.41, 5.74) is 2.42. The van der Waals surface area contributed by atoms with Crippen LogP contribution in [0.2, 0.25) is 0 Å². The topological polar surface area (TPSA) is 28.4 Å². The van der Waals surface area contributed by atoms with Crippen molar-refractivity contribution in [3.8, 4) is 0 Å². The van der Waals surface area contributed by atoms with Crippen LogP contribution in [0.25, 0.3) is 0 Å². The first kappa shape index (κ1) is 14.0. The van der Waals surface area contributed by atoms with E-state index in [2.05, 4.69) is 66.3 Å². The van der Waals surface area contributed by atoms with Gasteiger partial charge in [-0.3, -0.25) is 0 Å². The van der Waals surface area contributed by atoms with Crippen LogP contribution < -0.4 is 10.2 Å². The van der Waals surface area contributed by atoms with Crippen LogP contribution in [0.15, 0.2) is 43.9 Å². The van der Waals surface area contributed by atoms with Crippen molar-refractivity contribution in [2.24, 2.45) is 0 Å². The first-order valence-corrected chi connectivity index (χ1v) is 8.33. The lowest BCUT2D eigenvalue weighted by Gasteiger charge is -2.17. The number of benzene rings is 1. The van der Waals surface area contributed by atoms with E-state index in [0.717, 1.165) is 20.6 Å². The van der Waals surface area contributed by atoms with Gasteiger partial charge in [0.2, 0.25) is 0 Å². The summed E-state index contributed by atoms with van der Waals surface area (Å²) in [7, 11) is 0. The molecule has 3 nitrogen and oxygen atoms in total. The predicted octanol–water partition coefficient (Wildman–Crippen LogP) is 5.02. The number of halogens is 2. The Morgan fingerprint density at radius 3 is 2.40 bits per heavy atom. The number of furan rings is 1. The summed E-state index contributed by atoms with van der Waals surface area (Å²) >= 11 is 6.76. The van der Waals surface area contributed by atoms with Crippen molar-refractivity contribution in [3.63, 3.8) is 0 Å². The molecule has 5 heteroatoms. The smallest absolute Gasteiger partial charge is 0.183 e. The molecule has 1 saturated heterocycles. The zero-order valence-electron chi connectivity index (χ0n) is 11.0. The van der Waals surface area contributed by atoms with Crippen LogP contribution in [0.4, 0.5) is 11.4 Å². The number of nitrogens with one attached hydrogen (secondary N) is 1.